The maximum absolute atomic E-state index is 14.1. The Kier molecular flexibility index (Phi) is 10.7. The lowest BCUT2D eigenvalue weighted by Crippen LogP contribution is -2.51. The second kappa shape index (κ2) is 15.1. The van der Waals surface area contributed by atoms with Crippen LogP contribution >= 0.6 is 0 Å². The Hall–Kier alpha value is -5.27. The molecule has 7 nitrogen and oxygen atoms in total. The van der Waals surface area contributed by atoms with Crippen molar-refractivity contribution in [3.8, 4) is 0 Å². The molecule has 2 amide bonds. The highest BCUT2D eigenvalue weighted by atomic mass is 16.6. The van der Waals surface area contributed by atoms with Crippen LogP contribution in [0.3, 0.4) is 0 Å². The number of carbonyl (C=O) groups excluding carboxylic acids is 3. The van der Waals surface area contributed by atoms with Crippen LogP contribution in [0.2, 0.25) is 0 Å². The molecule has 2 atom stereocenters. The molecule has 0 fully saturated rings. The Morgan fingerprint density at radius 2 is 1.19 bits per heavy atom. The molecule has 0 saturated heterocycles. The van der Waals surface area contributed by atoms with Crippen molar-refractivity contribution in [1.29, 1.82) is 0 Å². The Morgan fingerprint density at radius 3 is 1.71 bits per heavy atom. The first kappa shape index (κ1) is 34.1. The Bertz CT molecular complexity index is 1730. The quantitative estimate of drug-likeness (QED) is 0.110. The summed E-state index contributed by atoms with van der Waals surface area (Å²) in [4.78, 5) is 40.9. The van der Waals surface area contributed by atoms with Crippen LogP contribution in [0.5, 0.6) is 0 Å². The number of primary amides is 1. The topological polar surface area (TPSA) is 108 Å². The molecule has 0 aliphatic rings. The largest absolute Gasteiger partial charge is 0.460 e. The number of ether oxygens (including phenoxy) is 2. The van der Waals surface area contributed by atoms with E-state index in [0.29, 0.717) is 6.42 Å². The van der Waals surface area contributed by atoms with E-state index in [1.165, 1.54) is 0 Å². The predicted octanol–water partition coefficient (Wildman–Crippen LogP) is 6.71. The van der Waals surface area contributed by atoms with Gasteiger partial charge in [0.15, 0.2) is 0 Å². The fraction of sp³-hybridized carbons (Fsp3) is 0.244. The van der Waals surface area contributed by atoms with Gasteiger partial charge in [-0.05, 0) is 60.2 Å². The van der Waals surface area contributed by atoms with Crippen molar-refractivity contribution in [2.24, 2.45) is 11.7 Å². The van der Waals surface area contributed by atoms with Crippen molar-refractivity contribution in [2.75, 3.05) is 6.54 Å². The second-order valence-electron chi connectivity index (χ2n) is 12.8. The van der Waals surface area contributed by atoms with Crippen LogP contribution < -0.4 is 11.1 Å². The highest BCUT2D eigenvalue weighted by Gasteiger charge is 2.46. The number of amides is 2. The summed E-state index contributed by atoms with van der Waals surface area (Å²) >= 11 is 0. The summed E-state index contributed by atoms with van der Waals surface area (Å²) in [7, 11) is 0. The van der Waals surface area contributed by atoms with E-state index in [0.717, 1.165) is 33.0 Å². The zero-order valence-electron chi connectivity index (χ0n) is 27.6. The predicted molar refractivity (Wildman–Crippen MR) is 188 cm³/mol. The first-order valence-corrected chi connectivity index (χ1v) is 16.2. The number of fused-ring (bicyclic) bond motifs is 1. The minimum atomic E-state index is -1.52. The van der Waals surface area contributed by atoms with Gasteiger partial charge in [0.2, 0.25) is 11.8 Å². The van der Waals surface area contributed by atoms with E-state index in [1.54, 1.807) is 20.8 Å². The first-order valence-electron chi connectivity index (χ1n) is 16.2. The summed E-state index contributed by atoms with van der Waals surface area (Å²) in [6, 6.07) is 42.5. The van der Waals surface area contributed by atoms with Crippen LogP contribution in [0.25, 0.3) is 10.8 Å². The van der Waals surface area contributed by atoms with Crippen molar-refractivity contribution >= 4 is 28.6 Å². The zero-order valence-corrected chi connectivity index (χ0v) is 27.6. The third-order valence-electron chi connectivity index (χ3n) is 8.21. The van der Waals surface area contributed by atoms with Crippen molar-refractivity contribution in [3.63, 3.8) is 0 Å². The zero-order chi connectivity index (χ0) is 34.1. The van der Waals surface area contributed by atoms with Crippen molar-refractivity contribution in [3.05, 3.63) is 156 Å². The van der Waals surface area contributed by atoms with E-state index in [-0.39, 0.29) is 6.54 Å². The van der Waals surface area contributed by atoms with Gasteiger partial charge in [0, 0.05) is 6.54 Å². The molecule has 0 bridgehead atoms. The maximum atomic E-state index is 14.1. The first-order chi connectivity index (χ1) is 23.1. The molecule has 5 aromatic rings. The van der Waals surface area contributed by atoms with Crippen molar-refractivity contribution in [2.45, 2.75) is 50.9 Å². The number of esters is 1. The molecule has 0 radical (unpaired) electrons. The van der Waals surface area contributed by atoms with E-state index >= 15 is 0 Å². The average molecular weight is 643 g/mol. The fourth-order valence-electron chi connectivity index (χ4n) is 6.11. The Labute approximate surface area is 282 Å². The lowest BCUT2D eigenvalue weighted by molar-refractivity contribution is -0.164. The smallest absolute Gasteiger partial charge is 0.307 e. The summed E-state index contributed by atoms with van der Waals surface area (Å²) in [6.07, 6.45) is -1.40. The fourth-order valence-corrected chi connectivity index (χ4v) is 6.11. The van der Waals surface area contributed by atoms with E-state index in [2.05, 4.69) is 5.32 Å². The van der Waals surface area contributed by atoms with E-state index in [9.17, 15) is 14.4 Å². The number of nitrogens with one attached hydrogen (secondary N) is 1. The Balaban J connectivity index is 1.54. The van der Waals surface area contributed by atoms with E-state index < -0.39 is 47.4 Å². The van der Waals surface area contributed by atoms with Crippen LogP contribution in [0.1, 0.15) is 49.4 Å². The van der Waals surface area contributed by atoms with Gasteiger partial charge in [0.05, 0.1) is 12.3 Å². The van der Waals surface area contributed by atoms with Gasteiger partial charge in [-0.2, -0.15) is 0 Å². The standard InChI is InChI=1S/C41H42N2O5/c1-40(2,3)47-36(44)28-35(39(46)43-27-26-30-18-15-17-29-16-13-14-25-34(29)30)37(38(42)45)48-41(31-19-7-4-8-20-31,32-21-9-5-10-22-32)33-23-11-6-12-24-33/h4-25,35,37H,26-28H2,1-3H3,(H2,42,45)(H,43,46). The molecule has 0 heterocycles. The third kappa shape index (κ3) is 7.99. The summed E-state index contributed by atoms with van der Waals surface area (Å²) in [6.45, 7) is 5.51. The lowest BCUT2D eigenvalue weighted by Gasteiger charge is -2.40. The molecule has 246 valence electrons. The number of hydrogen-bond donors (Lipinski definition) is 2. The van der Waals surface area contributed by atoms with Gasteiger partial charge in [-0.3, -0.25) is 14.4 Å². The Morgan fingerprint density at radius 1 is 0.688 bits per heavy atom. The van der Waals surface area contributed by atoms with E-state index in [4.69, 9.17) is 15.2 Å². The average Bonchev–Trinajstić information content (AvgIpc) is 3.08. The highest BCUT2D eigenvalue weighted by Crippen LogP contribution is 2.42. The number of nitrogens with two attached hydrogens (primary N) is 1. The molecule has 5 rings (SSSR count). The molecule has 7 heteroatoms. The minimum Gasteiger partial charge on any atom is -0.460 e. The minimum absolute atomic E-state index is 0.268. The van der Waals surface area contributed by atoms with E-state index in [1.807, 2.05) is 133 Å². The summed E-state index contributed by atoms with van der Waals surface area (Å²) in [5.74, 6) is -3.34. The monoisotopic (exact) mass is 642 g/mol. The van der Waals surface area contributed by atoms with Crippen molar-refractivity contribution < 1.29 is 23.9 Å². The number of benzene rings is 5. The SMILES string of the molecule is CC(C)(C)OC(=O)CC(C(=O)NCCc1cccc2ccccc12)C(OC(c1ccccc1)(c1ccccc1)c1ccccc1)C(N)=O. The van der Waals surface area contributed by atoms with Crippen molar-refractivity contribution in [1.82, 2.24) is 5.32 Å². The molecule has 0 aliphatic heterocycles. The van der Waals surface area contributed by atoms with Gasteiger partial charge >= 0.3 is 5.97 Å². The van der Waals surface area contributed by atoms with Gasteiger partial charge in [-0.1, -0.05) is 133 Å². The molecule has 0 spiro atoms. The summed E-state index contributed by atoms with van der Waals surface area (Å²) in [5, 5.41) is 5.17. The number of rotatable bonds is 13. The van der Waals surface area contributed by atoms with Crippen LogP contribution in [-0.2, 0) is 35.9 Å². The van der Waals surface area contributed by atoms with Crippen LogP contribution in [0.4, 0.5) is 0 Å². The molecule has 5 aromatic carbocycles. The molecule has 0 saturated carbocycles. The number of carbonyl (C=O) groups is 3. The normalized spacial score (nSPS) is 13.0. The van der Waals surface area contributed by atoms with Gasteiger partial charge < -0.3 is 20.5 Å². The maximum Gasteiger partial charge on any atom is 0.307 e. The van der Waals surface area contributed by atoms with Crippen LogP contribution in [0.15, 0.2) is 133 Å². The van der Waals surface area contributed by atoms with Crippen LogP contribution in [-0.4, -0.2) is 36.0 Å². The third-order valence-corrected chi connectivity index (χ3v) is 8.21. The molecular weight excluding hydrogens is 600 g/mol. The highest BCUT2D eigenvalue weighted by molar-refractivity contribution is 5.91. The molecular formula is C41H42N2O5. The lowest BCUT2D eigenvalue weighted by atomic mass is 9.79. The summed E-state index contributed by atoms with van der Waals surface area (Å²) < 4.78 is 12.6. The molecule has 48 heavy (non-hydrogen) atoms. The van der Waals surface area contributed by atoms with Gasteiger partial charge in [-0.15, -0.1) is 0 Å². The molecule has 0 aromatic heterocycles. The summed E-state index contributed by atoms with van der Waals surface area (Å²) in [5.41, 5.74) is 7.17. The van der Waals surface area contributed by atoms with Gasteiger partial charge in [0.1, 0.15) is 17.3 Å². The molecule has 0 aliphatic carbocycles. The molecule has 2 unspecified atom stereocenters. The second-order valence-corrected chi connectivity index (χ2v) is 12.8. The number of hydrogen-bond acceptors (Lipinski definition) is 5. The molecule has 3 N–H and O–H groups in total. The van der Waals surface area contributed by atoms with Gasteiger partial charge in [0.25, 0.3) is 0 Å². The van der Waals surface area contributed by atoms with Crippen LogP contribution in [0, 0.1) is 5.92 Å². The van der Waals surface area contributed by atoms with Gasteiger partial charge in [-0.25, -0.2) is 0 Å².